The van der Waals surface area contributed by atoms with Gasteiger partial charge in [-0.1, -0.05) is 28.1 Å². The summed E-state index contributed by atoms with van der Waals surface area (Å²) in [5.41, 5.74) is 6.15. The van der Waals surface area contributed by atoms with Crippen LogP contribution in [0, 0.1) is 0 Å². The molecule has 0 saturated heterocycles. The highest BCUT2D eigenvalue weighted by molar-refractivity contribution is 9.11. The van der Waals surface area contributed by atoms with Crippen molar-refractivity contribution in [3.63, 3.8) is 0 Å². The largest absolute Gasteiger partial charge is 0.393 e. The molecule has 0 saturated carbocycles. The minimum atomic E-state index is -0.0226. The first-order chi connectivity index (χ1) is 8.82. The Hall–Kier alpha value is -0.460. The van der Waals surface area contributed by atoms with Gasteiger partial charge in [-0.2, -0.15) is 0 Å². The molecule has 0 unspecified atom stereocenters. The van der Waals surface area contributed by atoms with Gasteiger partial charge in [0.25, 0.3) is 5.91 Å². The van der Waals surface area contributed by atoms with Gasteiger partial charge in [0, 0.05) is 28.0 Å². The third-order valence-electron chi connectivity index (χ3n) is 2.64. The zero-order valence-electron chi connectivity index (χ0n) is 10.8. The van der Waals surface area contributed by atoms with Crippen LogP contribution in [0.25, 0.3) is 0 Å². The molecule has 1 rings (SSSR count). The molecule has 0 radical (unpaired) electrons. The molecule has 0 bridgehead atoms. The molecule has 0 aliphatic rings. The van der Waals surface area contributed by atoms with Crippen LogP contribution in [-0.4, -0.2) is 28.4 Å². The lowest BCUT2D eigenvalue weighted by Crippen LogP contribution is -2.39. The van der Waals surface area contributed by atoms with Gasteiger partial charge >= 0.3 is 0 Å². The van der Waals surface area contributed by atoms with E-state index in [1.807, 2.05) is 26.0 Å². The average molecular weight is 408 g/mol. The number of carbonyl (C=O) groups excluding carboxylic acids is 1. The molecule has 2 N–H and O–H groups in total. The van der Waals surface area contributed by atoms with Gasteiger partial charge in [0.15, 0.2) is 0 Å². The predicted molar refractivity (Wildman–Crippen MR) is 89.4 cm³/mol. The van der Waals surface area contributed by atoms with Crippen LogP contribution >= 0.6 is 44.1 Å². The summed E-state index contributed by atoms with van der Waals surface area (Å²) >= 11 is 11.7. The Labute approximate surface area is 135 Å². The lowest BCUT2D eigenvalue weighted by atomic mass is 10.1. The van der Waals surface area contributed by atoms with Crippen LogP contribution in [-0.2, 0) is 0 Å². The SMILES string of the molecule is CC(C)N(CCC(N)=S)C(=O)c1ccc(Br)cc1Br. The van der Waals surface area contributed by atoms with E-state index in [1.54, 1.807) is 11.0 Å². The molecule has 0 atom stereocenters. The highest BCUT2D eigenvalue weighted by Gasteiger charge is 2.20. The molecule has 1 aromatic rings. The summed E-state index contributed by atoms with van der Waals surface area (Å²) in [6.07, 6.45) is 0.535. The van der Waals surface area contributed by atoms with Crippen LogP contribution in [0.15, 0.2) is 27.1 Å². The van der Waals surface area contributed by atoms with Gasteiger partial charge in [-0.05, 0) is 48.0 Å². The Morgan fingerprint density at radius 3 is 2.53 bits per heavy atom. The Balaban J connectivity index is 2.95. The number of thiocarbonyl (C=S) groups is 1. The molecule has 0 heterocycles. The van der Waals surface area contributed by atoms with Gasteiger partial charge < -0.3 is 10.6 Å². The van der Waals surface area contributed by atoms with Crippen LogP contribution in [0.3, 0.4) is 0 Å². The zero-order valence-corrected chi connectivity index (χ0v) is 14.8. The van der Waals surface area contributed by atoms with Crippen molar-refractivity contribution >= 4 is 55.0 Å². The van der Waals surface area contributed by atoms with Gasteiger partial charge in [-0.15, -0.1) is 0 Å². The van der Waals surface area contributed by atoms with E-state index >= 15 is 0 Å². The van der Waals surface area contributed by atoms with Crippen molar-refractivity contribution in [1.82, 2.24) is 4.90 Å². The number of hydrogen-bond donors (Lipinski definition) is 1. The average Bonchev–Trinajstić information content (AvgIpc) is 2.27. The van der Waals surface area contributed by atoms with Crippen LogP contribution in [0.4, 0.5) is 0 Å². The van der Waals surface area contributed by atoms with Crippen molar-refractivity contribution in [2.75, 3.05) is 6.54 Å². The highest BCUT2D eigenvalue weighted by atomic mass is 79.9. The molecular formula is C13H16Br2N2OS. The van der Waals surface area contributed by atoms with Crippen LogP contribution in [0.1, 0.15) is 30.6 Å². The van der Waals surface area contributed by atoms with Crippen molar-refractivity contribution in [2.45, 2.75) is 26.3 Å². The number of rotatable bonds is 5. The van der Waals surface area contributed by atoms with Gasteiger partial charge in [0.05, 0.1) is 10.6 Å². The lowest BCUT2D eigenvalue weighted by molar-refractivity contribution is 0.0710. The van der Waals surface area contributed by atoms with Gasteiger partial charge in [0.1, 0.15) is 0 Å². The van der Waals surface area contributed by atoms with Crippen LogP contribution < -0.4 is 5.73 Å². The lowest BCUT2D eigenvalue weighted by Gasteiger charge is -2.27. The zero-order chi connectivity index (χ0) is 14.6. The Morgan fingerprint density at radius 2 is 2.05 bits per heavy atom. The van der Waals surface area contributed by atoms with E-state index in [2.05, 4.69) is 31.9 Å². The molecule has 0 aliphatic carbocycles. The Bertz CT molecular complexity index is 492. The Kier molecular flexibility index (Phi) is 6.42. The number of nitrogens with two attached hydrogens (primary N) is 1. The van der Waals surface area contributed by atoms with E-state index in [0.717, 1.165) is 8.95 Å². The number of hydrogen-bond acceptors (Lipinski definition) is 2. The number of halogens is 2. The Morgan fingerprint density at radius 1 is 1.42 bits per heavy atom. The van der Waals surface area contributed by atoms with Gasteiger partial charge in [-0.3, -0.25) is 4.79 Å². The summed E-state index contributed by atoms with van der Waals surface area (Å²) in [5, 5.41) is 0. The molecule has 0 spiro atoms. The maximum atomic E-state index is 12.5. The number of benzene rings is 1. The summed E-state index contributed by atoms with van der Waals surface area (Å²) in [6, 6.07) is 5.60. The molecule has 6 heteroatoms. The molecule has 1 amide bonds. The van der Waals surface area contributed by atoms with E-state index in [0.29, 0.717) is 23.5 Å². The van der Waals surface area contributed by atoms with Crippen molar-refractivity contribution < 1.29 is 4.79 Å². The molecule has 19 heavy (non-hydrogen) atoms. The number of nitrogens with zero attached hydrogens (tertiary/aromatic N) is 1. The van der Waals surface area contributed by atoms with E-state index in [-0.39, 0.29) is 11.9 Å². The monoisotopic (exact) mass is 406 g/mol. The maximum Gasteiger partial charge on any atom is 0.255 e. The second-order valence-corrected chi connectivity index (χ2v) is 6.73. The second-order valence-electron chi connectivity index (χ2n) is 4.43. The smallest absolute Gasteiger partial charge is 0.255 e. The van der Waals surface area contributed by atoms with Gasteiger partial charge in [0.2, 0.25) is 0 Å². The standard InChI is InChI=1S/C13H16Br2N2OS/c1-8(2)17(6-5-12(16)19)13(18)10-4-3-9(14)7-11(10)15/h3-4,7-8H,5-6H2,1-2H3,(H2,16,19). The number of carbonyl (C=O) groups is 1. The van der Waals surface area contributed by atoms with Crippen molar-refractivity contribution in [3.8, 4) is 0 Å². The van der Waals surface area contributed by atoms with Crippen molar-refractivity contribution in [2.24, 2.45) is 5.73 Å². The third-order valence-corrected chi connectivity index (χ3v) is 4.00. The maximum absolute atomic E-state index is 12.5. The normalized spacial score (nSPS) is 10.6. The minimum Gasteiger partial charge on any atom is -0.393 e. The van der Waals surface area contributed by atoms with E-state index in [9.17, 15) is 4.79 Å². The molecule has 1 aromatic carbocycles. The second kappa shape index (κ2) is 7.36. The number of amides is 1. The first-order valence-electron chi connectivity index (χ1n) is 5.87. The first kappa shape index (κ1) is 16.6. The summed E-state index contributed by atoms with van der Waals surface area (Å²) in [7, 11) is 0. The van der Waals surface area contributed by atoms with E-state index in [4.69, 9.17) is 18.0 Å². The fraction of sp³-hybridized carbons (Fsp3) is 0.385. The van der Waals surface area contributed by atoms with E-state index in [1.165, 1.54) is 0 Å². The van der Waals surface area contributed by atoms with Crippen molar-refractivity contribution in [3.05, 3.63) is 32.7 Å². The van der Waals surface area contributed by atoms with Crippen molar-refractivity contribution in [1.29, 1.82) is 0 Å². The fourth-order valence-corrected chi connectivity index (χ4v) is 2.95. The third kappa shape index (κ3) is 4.85. The molecule has 3 nitrogen and oxygen atoms in total. The van der Waals surface area contributed by atoms with Crippen LogP contribution in [0.5, 0.6) is 0 Å². The fourth-order valence-electron chi connectivity index (χ4n) is 1.64. The molecular weight excluding hydrogens is 392 g/mol. The molecule has 0 aromatic heterocycles. The topological polar surface area (TPSA) is 46.3 Å². The molecule has 104 valence electrons. The van der Waals surface area contributed by atoms with Gasteiger partial charge in [-0.25, -0.2) is 0 Å². The highest BCUT2D eigenvalue weighted by Crippen LogP contribution is 2.23. The summed E-state index contributed by atoms with van der Waals surface area (Å²) < 4.78 is 1.70. The quantitative estimate of drug-likeness (QED) is 0.756. The van der Waals surface area contributed by atoms with E-state index < -0.39 is 0 Å². The summed E-state index contributed by atoms with van der Waals surface area (Å²) in [4.78, 5) is 14.7. The molecule has 0 aliphatic heterocycles. The minimum absolute atomic E-state index is 0.0226. The van der Waals surface area contributed by atoms with Crippen LogP contribution in [0.2, 0.25) is 0 Å². The molecule has 0 fully saturated rings. The summed E-state index contributed by atoms with van der Waals surface area (Å²) in [6.45, 7) is 4.49. The first-order valence-corrected chi connectivity index (χ1v) is 7.86. The summed E-state index contributed by atoms with van der Waals surface area (Å²) in [5.74, 6) is -0.0226. The predicted octanol–water partition coefficient (Wildman–Crippen LogP) is 3.74.